The van der Waals surface area contributed by atoms with E-state index in [0.717, 1.165) is 23.7 Å². The molecule has 2 nitrogen and oxygen atoms in total. The number of hydrogen-bond acceptors (Lipinski definition) is 1. The third-order valence-corrected chi connectivity index (χ3v) is 4.72. The molecule has 0 rings (SSSR count). The van der Waals surface area contributed by atoms with Crippen LogP contribution in [0.4, 0.5) is 0 Å². The molecule has 0 saturated heterocycles. The summed E-state index contributed by atoms with van der Waals surface area (Å²) < 4.78 is 0.771. The maximum absolute atomic E-state index is 12.3. The van der Waals surface area contributed by atoms with Crippen molar-refractivity contribution in [2.24, 2.45) is 0 Å². The van der Waals surface area contributed by atoms with E-state index in [1.54, 1.807) is 0 Å². The normalized spacial score (nSPS) is 13.3. The van der Waals surface area contributed by atoms with Crippen molar-refractivity contribution in [1.29, 1.82) is 0 Å². The number of nitrogens with zero attached hydrogens (tertiary/aromatic N) is 1. The highest BCUT2D eigenvalue weighted by Gasteiger charge is 2.28. The minimum absolute atomic E-state index is 0.183. The van der Waals surface area contributed by atoms with Gasteiger partial charge in [-0.3, -0.25) is 4.79 Å². The van der Waals surface area contributed by atoms with Gasteiger partial charge in [-0.15, -0.1) is 0 Å². The van der Waals surface area contributed by atoms with Crippen LogP contribution >= 0.6 is 0 Å². The molecule has 0 bridgehead atoms. The number of unbranched alkanes of at least 4 members (excludes halogenated alkanes) is 10. The number of likely N-dealkylation sites (N-methyl/N-ethyl adjacent to an activating group) is 1. The number of ketones is 1. The van der Waals surface area contributed by atoms with Crippen molar-refractivity contribution in [3.05, 3.63) is 0 Å². The zero-order valence-electron chi connectivity index (χ0n) is 16.1. The van der Waals surface area contributed by atoms with Crippen LogP contribution in [0.15, 0.2) is 0 Å². The van der Waals surface area contributed by atoms with Crippen molar-refractivity contribution in [1.82, 2.24) is 0 Å². The van der Waals surface area contributed by atoms with Crippen molar-refractivity contribution in [3.8, 4) is 0 Å². The smallest absolute Gasteiger partial charge is 0.189 e. The fraction of sp³-hybridized carbons (Fsp3) is 0.950. The summed E-state index contributed by atoms with van der Waals surface area (Å²) in [6, 6.07) is 0.183. The Morgan fingerprint density at radius 3 is 1.50 bits per heavy atom. The maximum atomic E-state index is 12.3. The van der Waals surface area contributed by atoms with Crippen LogP contribution in [0.3, 0.4) is 0 Å². The Bertz CT molecular complexity index is 267. The van der Waals surface area contributed by atoms with Crippen molar-refractivity contribution >= 4 is 5.78 Å². The molecule has 132 valence electrons. The molecule has 0 aromatic heterocycles. The second-order valence-corrected chi connectivity index (χ2v) is 7.79. The first-order chi connectivity index (χ1) is 10.4. The standard InChI is InChI=1S/C20H42NO/c1-6-8-9-10-11-12-13-14-15-16-17-18-20(22)19(7-2)21(3,4)5/h19H,6-18H2,1-5H3/q+1. The second-order valence-electron chi connectivity index (χ2n) is 7.79. The first kappa shape index (κ1) is 21.6. The lowest BCUT2D eigenvalue weighted by molar-refractivity contribution is -0.886. The maximum Gasteiger partial charge on any atom is 0.189 e. The largest absolute Gasteiger partial charge is 0.322 e. The molecule has 0 aliphatic carbocycles. The fourth-order valence-corrected chi connectivity index (χ4v) is 3.34. The first-order valence-corrected chi connectivity index (χ1v) is 9.77. The van der Waals surface area contributed by atoms with Crippen LogP contribution in [0, 0.1) is 0 Å². The van der Waals surface area contributed by atoms with E-state index in [1.165, 1.54) is 64.2 Å². The molecule has 0 saturated carbocycles. The van der Waals surface area contributed by atoms with Crippen LogP contribution in [0.2, 0.25) is 0 Å². The lowest BCUT2D eigenvalue weighted by Crippen LogP contribution is -2.49. The van der Waals surface area contributed by atoms with Gasteiger partial charge in [-0.2, -0.15) is 0 Å². The summed E-state index contributed by atoms with van der Waals surface area (Å²) in [7, 11) is 6.39. The van der Waals surface area contributed by atoms with E-state index >= 15 is 0 Å². The van der Waals surface area contributed by atoms with Gasteiger partial charge >= 0.3 is 0 Å². The Labute approximate surface area is 140 Å². The predicted molar refractivity (Wildman–Crippen MR) is 98.2 cm³/mol. The zero-order valence-corrected chi connectivity index (χ0v) is 16.1. The monoisotopic (exact) mass is 312 g/mol. The third-order valence-electron chi connectivity index (χ3n) is 4.72. The SMILES string of the molecule is CCCCCCCCCCCCCC(=O)C(CC)[N+](C)(C)C. The Morgan fingerprint density at radius 2 is 1.14 bits per heavy atom. The summed E-state index contributed by atoms with van der Waals surface area (Å²) in [6.07, 6.45) is 16.5. The molecule has 0 aliphatic rings. The van der Waals surface area contributed by atoms with E-state index in [0.29, 0.717) is 5.78 Å². The van der Waals surface area contributed by atoms with Crippen molar-refractivity contribution < 1.29 is 9.28 Å². The number of carbonyl (C=O) groups excluding carboxylic acids is 1. The summed E-state index contributed by atoms with van der Waals surface area (Å²) in [5.74, 6) is 0.464. The first-order valence-electron chi connectivity index (χ1n) is 9.77. The van der Waals surface area contributed by atoms with Gasteiger partial charge < -0.3 is 4.48 Å². The van der Waals surface area contributed by atoms with Crippen LogP contribution in [0.25, 0.3) is 0 Å². The molecule has 0 aliphatic heterocycles. The molecule has 0 heterocycles. The molecule has 22 heavy (non-hydrogen) atoms. The summed E-state index contributed by atoms with van der Waals surface area (Å²) >= 11 is 0. The van der Waals surface area contributed by atoms with E-state index in [1.807, 2.05) is 0 Å². The second kappa shape index (κ2) is 13.1. The number of Topliss-reactive ketones (excluding diaryl/α,β-unsaturated/α-hetero) is 1. The highest BCUT2D eigenvalue weighted by atomic mass is 16.1. The van der Waals surface area contributed by atoms with Crippen LogP contribution in [0.5, 0.6) is 0 Å². The Morgan fingerprint density at radius 1 is 0.727 bits per heavy atom. The minimum atomic E-state index is 0.183. The summed E-state index contributed by atoms with van der Waals surface area (Å²) in [4.78, 5) is 12.3. The predicted octanol–water partition coefficient (Wildman–Crippen LogP) is 5.74. The molecule has 0 spiro atoms. The highest BCUT2D eigenvalue weighted by Crippen LogP contribution is 2.15. The van der Waals surface area contributed by atoms with Gasteiger partial charge in [0.15, 0.2) is 5.78 Å². The van der Waals surface area contributed by atoms with Gasteiger partial charge in [0, 0.05) is 12.8 Å². The average Bonchev–Trinajstić information content (AvgIpc) is 2.44. The highest BCUT2D eigenvalue weighted by molar-refractivity contribution is 5.82. The van der Waals surface area contributed by atoms with Crippen molar-refractivity contribution in [3.63, 3.8) is 0 Å². The summed E-state index contributed by atoms with van der Waals surface area (Å²) in [6.45, 7) is 4.40. The van der Waals surface area contributed by atoms with Crippen LogP contribution in [-0.4, -0.2) is 37.5 Å². The lowest BCUT2D eigenvalue weighted by Gasteiger charge is -2.32. The van der Waals surface area contributed by atoms with Crippen LogP contribution < -0.4 is 0 Å². The van der Waals surface area contributed by atoms with Gasteiger partial charge in [-0.05, 0) is 6.42 Å². The molecule has 0 aromatic carbocycles. The van der Waals surface area contributed by atoms with Crippen LogP contribution in [0.1, 0.15) is 97.3 Å². The van der Waals surface area contributed by atoms with Crippen LogP contribution in [-0.2, 0) is 4.79 Å². The van der Waals surface area contributed by atoms with Gasteiger partial charge in [0.05, 0.1) is 21.1 Å². The molecule has 1 unspecified atom stereocenters. The lowest BCUT2D eigenvalue weighted by atomic mass is 10.00. The number of carbonyl (C=O) groups is 1. The average molecular weight is 313 g/mol. The minimum Gasteiger partial charge on any atom is -0.322 e. The zero-order chi connectivity index (χ0) is 16.8. The quantitative estimate of drug-likeness (QED) is 0.278. The molecule has 0 N–H and O–H groups in total. The van der Waals surface area contributed by atoms with Gasteiger partial charge in [-0.25, -0.2) is 0 Å². The van der Waals surface area contributed by atoms with E-state index in [-0.39, 0.29) is 6.04 Å². The molecule has 0 fully saturated rings. The summed E-state index contributed by atoms with van der Waals surface area (Å²) in [5.41, 5.74) is 0. The molecule has 2 heteroatoms. The van der Waals surface area contributed by atoms with Crippen molar-refractivity contribution in [2.75, 3.05) is 21.1 Å². The van der Waals surface area contributed by atoms with E-state index in [9.17, 15) is 4.79 Å². The fourth-order valence-electron chi connectivity index (χ4n) is 3.34. The number of quaternary nitrogens is 1. The van der Waals surface area contributed by atoms with E-state index < -0.39 is 0 Å². The van der Waals surface area contributed by atoms with Gasteiger partial charge in [0.2, 0.25) is 0 Å². The number of hydrogen-bond donors (Lipinski definition) is 0. The molecule has 0 aromatic rings. The van der Waals surface area contributed by atoms with E-state index in [4.69, 9.17) is 0 Å². The van der Waals surface area contributed by atoms with Gasteiger partial charge in [0.25, 0.3) is 0 Å². The molecule has 0 amide bonds. The molecule has 0 radical (unpaired) electrons. The third kappa shape index (κ3) is 11.2. The topological polar surface area (TPSA) is 17.1 Å². The van der Waals surface area contributed by atoms with Gasteiger partial charge in [0.1, 0.15) is 6.04 Å². The molecular weight excluding hydrogens is 270 g/mol. The molecule has 1 atom stereocenters. The Balaban J connectivity index is 3.48. The Hall–Kier alpha value is -0.370. The summed E-state index contributed by atoms with van der Waals surface area (Å²) in [5, 5.41) is 0. The van der Waals surface area contributed by atoms with Crippen molar-refractivity contribution in [2.45, 2.75) is 103 Å². The Kier molecular flexibility index (Phi) is 12.9. The van der Waals surface area contributed by atoms with E-state index in [2.05, 4.69) is 35.0 Å². The molecular formula is C20H42NO+. The van der Waals surface area contributed by atoms with Gasteiger partial charge in [-0.1, -0.05) is 78.1 Å². The number of rotatable bonds is 15.